The molecule has 2 unspecified atom stereocenters. The zero-order chi connectivity index (χ0) is 18.6. The molecule has 0 saturated heterocycles. The molecule has 2 aromatic rings. The quantitative estimate of drug-likeness (QED) is 0.204. The molecule has 3 rings (SSSR count). The van der Waals surface area contributed by atoms with Crippen LogP contribution >= 0.6 is 50.9 Å². The predicted octanol–water partition coefficient (Wildman–Crippen LogP) is 6.31. The summed E-state index contributed by atoms with van der Waals surface area (Å²) in [6, 6.07) is 8.21. The molecule has 0 bridgehead atoms. The van der Waals surface area contributed by atoms with Gasteiger partial charge in [0.25, 0.3) is 0 Å². The van der Waals surface area contributed by atoms with Crippen LogP contribution in [0.5, 0.6) is 0 Å². The summed E-state index contributed by atoms with van der Waals surface area (Å²) in [4.78, 5) is 5.25. The highest BCUT2D eigenvalue weighted by atomic mass is 79.9. The van der Waals surface area contributed by atoms with Gasteiger partial charge in [-0.05, 0) is 31.1 Å². The second-order valence-corrected chi connectivity index (χ2v) is 9.70. The summed E-state index contributed by atoms with van der Waals surface area (Å²) >= 11 is 18.3. The van der Waals surface area contributed by atoms with Crippen molar-refractivity contribution in [1.82, 2.24) is 9.55 Å². The van der Waals surface area contributed by atoms with E-state index in [0.717, 1.165) is 13.0 Å². The van der Waals surface area contributed by atoms with E-state index in [1.807, 2.05) is 35.0 Å². The summed E-state index contributed by atoms with van der Waals surface area (Å²) in [5, 5.41) is 0.643. The van der Waals surface area contributed by atoms with E-state index in [9.17, 15) is 0 Å². The summed E-state index contributed by atoms with van der Waals surface area (Å²) in [5.74, 6) is 1.08. The molecule has 0 spiro atoms. The van der Waals surface area contributed by atoms with Gasteiger partial charge in [-0.25, -0.2) is 4.98 Å². The SMILES string of the molecule is Cc1ccccc1SCOC1=C(Cl)C(CCn2ccnc2)C=CC1(Cl)Br. The van der Waals surface area contributed by atoms with Crippen LogP contribution in [0.25, 0.3) is 0 Å². The molecule has 0 amide bonds. The van der Waals surface area contributed by atoms with Crippen LogP contribution < -0.4 is 0 Å². The first-order valence-electron chi connectivity index (χ1n) is 8.21. The third kappa shape index (κ3) is 4.89. The Balaban J connectivity index is 1.65. The standard InChI is InChI=1S/C19H19BrCl2N2OS/c1-14-4-2-3-5-16(14)26-13-25-18-17(21)15(6-8-19(18,20)22)7-10-24-11-9-23-12-24/h2-6,8-9,11-12,15H,7,10,13H2,1H3. The van der Waals surface area contributed by atoms with Crippen LogP contribution in [0.1, 0.15) is 12.0 Å². The molecule has 0 saturated carbocycles. The van der Waals surface area contributed by atoms with E-state index < -0.39 is 3.78 Å². The highest BCUT2D eigenvalue weighted by molar-refractivity contribution is 9.10. The fourth-order valence-electron chi connectivity index (χ4n) is 2.69. The molecule has 26 heavy (non-hydrogen) atoms. The van der Waals surface area contributed by atoms with Gasteiger partial charge in [-0.1, -0.05) is 75.2 Å². The summed E-state index contributed by atoms with van der Waals surface area (Å²) in [6.45, 7) is 2.91. The van der Waals surface area contributed by atoms with Crippen molar-refractivity contribution in [2.24, 2.45) is 5.92 Å². The van der Waals surface area contributed by atoms with Crippen LogP contribution in [-0.4, -0.2) is 19.3 Å². The van der Waals surface area contributed by atoms with E-state index in [4.69, 9.17) is 27.9 Å². The lowest BCUT2D eigenvalue weighted by Gasteiger charge is -2.29. The first-order valence-corrected chi connectivity index (χ1v) is 10.7. The number of allylic oxidation sites excluding steroid dienone is 3. The average Bonchev–Trinajstić information content (AvgIpc) is 3.12. The lowest BCUT2D eigenvalue weighted by molar-refractivity contribution is 0.257. The summed E-state index contributed by atoms with van der Waals surface area (Å²) < 4.78 is 7.13. The minimum Gasteiger partial charge on any atom is -0.483 e. The monoisotopic (exact) mass is 472 g/mol. The molecule has 1 aromatic carbocycles. The van der Waals surface area contributed by atoms with Crippen LogP contribution in [0.3, 0.4) is 0 Å². The number of rotatable bonds is 7. The zero-order valence-electron chi connectivity index (χ0n) is 14.2. The first-order chi connectivity index (χ1) is 12.5. The molecule has 0 N–H and O–H groups in total. The van der Waals surface area contributed by atoms with Crippen molar-refractivity contribution in [3.8, 4) is 0 Å². The normalized spacial score (nSPS) is 22.7. The first kappa shape index (κ1) is 19.9. The Hall–Kier alpha value is -0.880. The highest BCUT2D eigenvalue weighted by Crippen LogP contribution is 2.45. The van der Waals surface area contributed by atoms with Crippen LogP contribution in [0.15, 0.2) is 70.8 Å². The van der Waals surface area contributed by atoms with Gasteiger partial charge in [-0.15, -0.1) is 0 Å². The fourth-order valence-corrected chi connectivity index (χ4v) is 4.72. The Morgan fingerprint density at radius 3 is 2.92 bits per heavy atom. The summed E-state index contributed by atoms with van der Waals surface area (Å²) in [7, 11) is 0. The van der Waals surface area contributed by atoms with Crippen molar-refractivity contribution in [1.29, 1.82) is 0 Å². The maximum atomic E-state index is 6.64. The molecule has 3 nitrogen and oxygen atoms in total. The predicted molar refractivity (Wildman–Crippen MR) is 113 cm³/mol. The van der Waals surface area contributed by atoms with Crippen LogP contribution in [0.2, 0.25) is 0 Å². The molecule has 1 aliphatic rings. The largest absolute Gasteiger partial charge is 0.483 e. The highest BCUT2D eigenvalue weighted by Gasteiger charge is 2.36. The number of hydrogen-bond donors (Lipinski definition) is 0. The van der Waals surface area contributed by atoms with Crippen LogP contribution in [-0.2, 0) is 11.3 Å². The molecule has 1 aromatic heterocycles. The van der Waals surface area contributed by atoms with Gasteiger partial charge in [-0.2, -0.15) is 0 Å². The van der Waals surface area contributed by atoms with Crippen LogP contribution in [0.4, 0.5) is 0 Å². The van der Waals surface area contributed by atoms with Crippen molar-refractivity contribution < 1.29 is 4.74 Å². The molecule has 0 radical (unpaired) electrons. The Morgan fingerprint density at radius 2 is 2.19 bits per heavy atom. The molecule has 0 aliphatic heterocycles. The zero-order valence-corrected chi connectivity index (χ0v) is 18.2. The van der Waals surface area contributed by atoms with Gasteiger partial charge in [0.05, 0.1) is 11.4 Å². The number of thioether (sulfide) groups is 1. The van der Waals surface area contributed by atoms with Gasteiger partial charge < -0.3 is 9.30 Å². The van der Waals surface area contributed by atoms with Gasteiger partial charge in [0.15, 0.2) is 3.78 Å². The lowest BCUT2D eigenvalue weighted by Crippen LogP contribution is -2.23. The number of benzene rings is 1. The Bertz CT molecular complexity index is 806. The molecular formula is C19H19BrCl2N2OS. The van der Waals surface area contributed by atoms with Crippen molar-refractivity contribution in [2.45, 2.75) is 28.6 Å². The van der Waals surface area contributed by atoms with Gasteiger partial charge >= 0.3 is 0 Å². The molecule has 138 valence electrons. The molecule has 2 atom stereocenters. The second kappa shape index (κ2) is 8.87. The minimum atomic E-state index is -0.901. The number of alkyl halides is 2. The van der Waals surface area contributed by atoms with E-state index in [2.05, 4.69) is 40.0 Å². The third-order valence-corrected chi connectivity index (χ3v) is 6.53. The number of ether oxygens (including phenoxy) is 1. The second-order valence-electron chi connectivity index (χ2n) is 6.03. The van der Waals surface area contributed by atoms with Crippen LogP contribution in [0, 0.1) is 12.8 Å². The van der Waals surface area contributed by atoms with E-state index in [1.165, 1.54) is 10.5 Å². The molecule has 1 heterocycles. The Labute approximate surface area is 176 Å². The van der Waals surface area contributed by atoms with Gasteiger partial charge in [0.2, 0.25) is 0 Å². The van der Waals surface area contributed by atoms with E-state index >= 15 is 0 Å². The Kier molecular flexibility index (Phi) is 6.78. The van der Waals surface area contributed by atoms with E-state index in [0.29, 0.717) is 16.7 Å². The van der Waals surface area contributed by atoms with Gasteiger partial charge in [0, 0.05) is 29.8 Å². The lowest BCUT2D eigenvalue weighted by atomic mass is 9.98. The van der Waals surface area contributed by atoms with Gasteiger partial charge in [-0.3, -0.25) is 0 Å². The number of aryl methyl sites for hydroxylation is 2. The summed E-state index contributed by atoms with van der Waals surface area (Å²) in [5.41, 5.74) is 1.22. The minimum absolute atomic E-state index is 0.0713. The van der Waals surface area contributed by atoms with E-state index in [1.54, 1.807) is 24.3 Å². The third-order valence-electron chi connectivity index (χ3n) is 4.15. The maximum Gasteiger partial charge on any atom is 0.175 e. The van der Waals surface area contributed by atoms with Crippen molar-refractivity contribution in [2.75, 3.05) is 5.94 Å². The number of hydrogen-bond acceptors (Lipinski definition) is 3. The number of halogens is 3. The maximum absolute atomic E-state index is 6.64. The molecule has 7 heteroatoms. The Morgan fingerprint density at radius 1 is 1.38 bits per heavy atom. The number of aromatic nitrogens is 2. The molecule has 1 aliphatic carbocycles. The number of nitrogens with zero attached hydrogens (tertiary/aromatic N) is 2. The fraction of sp³-hybridized carbons (Fsp3) is 0.316. The summed E-state index contributed by atoms with van der Waals surface area (Å²) in [6.07, 6.45) is 10.3. The topological polar surface area (TPSA) is 27.1 Å². The molecule has 0 fully saturated rings. The average molecular weight is 474 g/mol. The molecular weight excluding hydrogens is 455 g/mol. The number of imidazole rings is 1. The van der Waals surface area contributed by atoms with E-state index in [-0.39, 0.29) is 5.92 Å². The van der Waals surface area contributed by atoms with Crippen molar-refractivity contribution >= 4 is 50.9 Å². The van der Waals surface area contributed by atoms with Crippen molar-refractivity contribution in [3.05, 3.63) is 71.5 Å². The van der Waals surface area contributed by atoms with Crippen molar-refractivity contribution in [3.63, 3.8) is 0 Å². The van der Waals surface area contributed by atoms with Gasteiger partial charge in [0.1, 0.15) is 11.7 Å². The smallest absolute Gasteiger partial charge is 0.175 e.